The number of piperidine rings is 1. The Balaban J connectivity index is 1.48. The first kappa shape index (κ1) is 24.7. The summed E-state index contributed by atoms with van der Waals surface area (Å²) in [5, 5.41) is 0.748. The zero-order chi connectivity index (χ0) is 24.6. The van der Waals surface area contributed by atoms with Gasteiger partial charge in [-0.1, -0.05) is 36.9 Å². The summed E-state index contributed by atoms with van der Waals surface area (Å²) in [7, 11) is -3.58. The van der Waals surface area contributed by atoms with Crippen LogP contribution in [0.25, 0.3) is 11.0 Å². The summed E-state index contributed by atoms with van der Waals surface area (Å²) in [4.78, 5) is 5.10. The topological polar surface area (TPSA) is 64.4 Å². The number of imidazole rings is 1. The van der Waals surface area contributed by atoms with Crippen LogP contribution < -0.4 is 0 Å². The number of rotatable bonds is 7. The Morgan fingerprint density at radius 1 is 1.20 bits per heavy atom. The summed E-state index contributed by atoms with van der Waals surface area (Å²) in [6, 6.07) is 10.7. The van der Waals surface area contributed by atoms with Crippen LogP contribution in [0.3, 0.4) is 0 Å². The number of nitrogens with zero attached hydrogens (tertiary/aromatic N) is 3. The van der Waals surface area contributed by atoms with Crippen molar-refractivity contribution >= 4 is 32.8 Å². The van der Waals surface area contributed by atoms with Gasteiger partial charge in [-0.05, 0) is 67.9 Å². The van der Waals surface area contributed by atoms with Gasteiger partial charge in [0.05, 0.1) is 28.6 Å². The summed E-state index contributed by atoms with van der Waals surface area (Å²) in [6.07, 6.45) is 4.05. The first-order chi connectivity index (χ1) is 16.8. The molecule has 3 aromatic rings. The Labute approximate surface area is 210 Å². The second-order valence-electron chi connectivity index (χ2n) is 9.74. The monoisotopic (exact) mass is 517 g/mol. The van der Waals surface area contributed by atoms with Crippen molar-refractivity contribution in [3.05, 3.63) is 53.3 Å². The summed E-state index contributed by atoms with van der Waals surface area (Å²) < 4.78 is 50.9. The van der Waals surface area contributed by atoms with E-state index < -0.39 is 10.0 Å². The van der Waals surface area contributed by atoms with Crippen LogP contribution in [0.15, 0.2) is 46.5 Å². The fourth-order valence-corrected chi connectivity index (χ4v) is 7.62. The highest BCUT2D eigenvalue weighted by molar-refractivity contribution is 7.98. The minimum absolute atomic E-state index is 0.0979. The van der Waals surface area contributed by atoms with E-state index >= 15 is 0 Å². The maximum Gasteiger partial charge on any atom is 0.243 e. The largest absolute Gasteiger partial charge is 0.376 e. The van der Waals surface area contributed by atoms with E-state index in [1.165, 1.54) is 11.8 Å². The van der Waals surface area contributed by atoms with Gasteiger partial charge in [0.25, 0.3) is 0 Å². The molecule has 2 saturated heterocycles. The molecule has 3 heterocycles. The van der Waals surface area contributed by atoms with Gasteiger partial charge in [0.2, 0.25) is 10.0 Å². The quantitative estimate of drug-likeness (QED) is 0.394. The lowest BCUT2D eigenvalue weighted by atomic mass is 10.0. The summed E-state index contributed by atoms with van der Waals surface area (Å²) >= 11 is 1.47. The molecule has 2 aliphatic rings. The normalized spacial score (nSPS) is 21.7. The van der Waals surface area contributed by atoms with Gasteiger partial charge in [0.15, 0.2) is 5.16 Å². The molecule has 0 spiro atoms. The van der Waals surface area contributed by atoms with Crippen molar-refractivity contribution in [2.75, 3.05) is 19.7 Å². The van der Waals surface area contributed by atoms with Gasteiger partial charge in [0.1, 0.15) is 5.82 Å². The predicted molar refractivity (Wildman–Crippen MR) is 137 cm³/mol. The maximum atomic E-state index is 14.6. The highest BCUT2D eigenvalue weighted by Crippen LogP contribution is 2.32. The van der Waals surface area contributed by atoms with E-state index in [1.807, 2.05) is 12.1 Å². The van der Waals surface area contributed by atoms with Crippen LogP contribution in [0.4, 0.5) is 4.39 Å². The van der Waals surface area contributed by atoms with Crippen LogP contribution in [0.2, 0.25) is 0 Å². The van der Waals surface area contributed by atoms with E-state index in [4.69, 9.17) is 9.72 Å². The summed E-state index contributed by atoms with van der Waals surface area (Å²) in [5.74, 6) is 0.614. The van der Waals surface area contributed by atoms with E-state index in [2.05, 4.69) is 11.5 Å². The van der Waals surface area contributed by atoms with Crippen LogP contribution in [0.5, 0.6) is 0 Å². The van der Waals surface area contributed by atoms with E-state index in [0.717, 1.165) is 43.0 Å². The number of benzene rings is 2. The minimum atomic E-state index is -3.58. The molecule has 9 heteroatoms. The number of fused-ring (bicyclic) bond motifs is 1. The van der Waals surface area contributed by atoms with Crippen molar-refractivity contribution in [3.63, 3.8) is 0 Å². The van der Waals surface area contributed by atoms with Gasteiger partial charge < -0.3 is 9.30 Å². The number of halogens is 1. The molecule has 0 radical (unpaired) electrons. The van der Waals surface area contributed by atoms with E-state index in [9.17, 15) is 12.8 Å². The molecule has 188 valence electrons. The Morgan fingerprint density at radius 2 is 2.06 bits per heavy atom. The molecular formula is C26H32FN3O3S2. The van der Waals surface area contributed by atoms with Gasteiger partial charge in [0, 0.05) is 25.4 Å². The van der Waals surface area contributed by atoms with Gasteiger partial charge in [-0.15, -0.1) is 0 Å². The molecule has 0 aliphatic carbocycles. The van der Waals surface area contributed by atoms with E-state index in [0.29, 0.717) is 47.9 Å². The average molecular weight is 518 g/mol. The molecule has 0 unspecified atom stereocenters. The number of aryl methyl sites for hydroxylation is 1. The second kappa shape index (κ2) is 10.2. The Bertz CT molecular complexity index is 1320. The molecule has 35 heavy (non-hydrogen) atoms. The molecule has 5 rings (SSSR count). The standard InChI is InChI=1S/C26H32FN3O3S2/c1-18-6-4-12-29(15-18)35(31,32)22-10-11-24-23(14-22)28-26(30(24)16-21-9-5-13-33-21)34-17-20-8-3-7-19(2)25(20)27/h3,7-8,10-11,14,18,21H,4-6,9,12-13,15-17H2,1-2H3/t18-,21+/m0/s1. The van der Waals surface area contributed by atoms with Gasteiger partial charge in [-0.2, -0.15) is 4.31 Å². The lowest BCUT2D eigenvalue weighted by Gasteiger charge is -2.30. The number of hydrogen-bond acceptors (Lipinski definition) is 5. The van der Waals surface area contributed by atoms with Crippen LogP contribution in [-0.4, -0.2) is 48.1 Å². The Morgan fingerprint density at radius 3 is 2.83 bits per heavy atom. The number of sulfonamides is 1. The molecule has 0 saturated carbocycles. The van der Waals surface area contributed by atoms with Gasteiger partial charge in [-0.3, -0.25) is 0 Å². The molecular weight excluding hydrogens is 485 g/mol. The van der Waals surface area contributed by atoms with E-state index in [1.54, 1.807) is 35.5 Å². The van der Waals surface area contributed by atoms with Crippen LogP contribution in [-0.2, 0) is 27.1 Å². The molecule has 1 aromatic heterocycles. The third-order valence-electron chi connectivity index (χ3n) is 6.98. The SMILES string of the molecule is Cc1cccc(CSc2nc3cc(S(=O)(=O)N4CCC[C@H](C)C4)ccc3n2C[C@H]2CCCO2)c1F. The third kappa shape index (κ3) is 5.14. The molecule has 0 N–H and O–H groups in total. The van der Waals surface area contributed by atoms with Crippen LogP contribution in [0, 0.1) is 18.7 Å². The molecule has 0 bridgehead atoms. The van der Waals surface area contributed by atoms with E-state index in [-0.39, 0.29) is 16.8 Å². The average Bonchev–Trinajstić information content (AvgIpc) is 3.48. The van der Waals surface area contributed by atoms with Crippen molar-refractivity contribution in [2.45, 2.75) is 68.0 Å². The highest BCUT2D eigenvalue weighted by atomic mass is 32.2. The number of hydrogen-bond donors (Lipinski definition) is 0. The van der Waals surface area contributed by atoms with Crippen molar-refractivity contribution in [2.24, 2.45) is 5.92 Å². The lowest BCUT2D eigenvalue weighted by molar-refractivity contribution is 0.0960. The second-order valence-corrected chi connectivity index (χ2v) is 12.6. The zero-order valence-electron chi connectivity index (χ0n) is 20.2. The predicted octanol–water partition coefficient (Wildman–Crippen LogP) is 5.38. The molecule has 0 amide bonds. The van der Waals surface area contributed by atoms with Crippen LogP contribution in [0.1, 0.15) is 43.7 Å². The number of ether oxygens (including phenoxy) is 1. The first-order valence-electron chi connectivity index (χ1n) is 12.3. The van der Waals surface area contributed by atoms with Crippen molar-refractivity contribution in [3.8, 4) is 0 Å². The Kier molecular flexibility index (Phi) is 7.21. The highest BCUT2D eigenvalue weighted by Gasteiger charge is 2.29. The van der Waals surface area contributed by atoms with Crippen molar-refractivity contribution in [1.82, 2.24) is 13.9 Å². The molecule has 2 aliphatic heterocycles. The molecule has 2 aromatic carbocycles. The zero-order valence-corrected chi connectivity index (χ0v) is 21.9. The Hall–Kier alpha value is -1.94. The van der Waals surface area contributed by atoms with Crippen molar-refractivity contribution in [1.29, 1.82) is 0 Å². The summed E-state index contributed by atoms with van der Waals surface area (Å²) in [5.41, 5.74) is 2.77. The fraction of sp³-hybridized carbons (Fsp3) is 0.500. The summed E-state index contributed by atoms with van der Waals surface area (Å²) in [6.45, 7) is 6.37. The lowest BCUT2D eigenvalue weighted by Crippen LogP contribution is -2.39. The van der Waals surface area contributed by atoms with Crippen molar-refractivity contribution < 1.29 is 17.5 Å². The maximum absolute atomic E-state index is 14.6. The number of thioether (sulfide) groups is 1. The van der Waals surface area contributed by atoms with Gasteiger partial charge >= 0.3 is 0 Å². The smallest absolute Gasteiger partial charge is 0.243 e. The minimum Gasteiger partial charge on any atom is -0.376 e. The molecule has 2 fully saturated rings. The molecule has 2 atom stereocenters. The van der Waals surface area contributed by atoms with Crippen LogP contribution >= 0.6 is 11.8 Å². The first-order valence-corrected chi connectivity index (χ1v) is 14.7. The number of aromatic nitrogens is 2. The van der Waals surface area contributed by atoms with Gasteiger partial charge in [-0.25, -0.2) is 17.8 Å². The fourth-order valence-electron chi connectivity index (χ4n) is 5.00. The third-order valence-corrected chi connectivity index (χ3v) is 9.87. The molecule has 6 nitrogen and oxygen atoms in total.